The van der Waals surface area contributed by atoms with Gasteiger partial charge in [-0.2, -0.15) is 5.26 Å². The van der Waals surface area contributed by atoms with Crippen molar-refractivity contribution in [3.63, 3.8) is 0 Å². The highest BCUT2D eigenvalue weighted by atomic mass is 16.2. The molecule has 2 N–H and O–H groups in total. The quantitative estimate of drug-likeness (QED) is 0.342. The molecule has 190 valence electrons. The normalized spacial score (nSPS) is 16.7. The summed E-state index contributed by atoms with van der Waals surface area (Å²) in [4.78, 5) is 28.3. The van der Waals surface area contributed by atoms with Crippen molar-refractivity contribution in [1.29, 1.82) is 5.26 Å². The minimum Gasteiger partial charge on any atom is -0.367 e. The van der Waals surface area contributed by atoms with Crippen molar-refractivity contribution < 1.29 is 4.79 Å². The van der Waals surface area contributed by atoms with E-state index < -0.39 is 0 Å². The van der Waals surface area contributed by atoms with Crippen molar-refractivity contribution in [2.45, 2.75) is 44.3 Å². The molecule has 0 radical (unpaired) electrons. The second kappa shape index (κ2) is 12.0. The Hall–Kier alpha value is -4.77. The largest absolute Gasteiger partial charge is 0.367 e. The fourth-order valence-electron chi connectivity index (χ4n) is 4.83. The second-order valence-electron chi connectivity index (χ2n) is 9.35. The van der Waals surface area contributed by atoms with Crippen molar-refractivity contribution in [2.75, 3.05) is 10.2 Å². The van der Waals surface area contributed by atoms with Crippen LogP contribution in [0.15, 0.2) is 91.5 Å². The topological polar surface area (TPSA) is 107 Å². The van der Waals surface area contributed by atoms with Crippen LogP contribution < -0.4 is 15.5 Å². The van der Waals surface area contributed by atoms with Gasteiger partial charge >= 0.3 is 6.03 Å². The summed E-state index contributed by atoms with van der Waals surface area (Å²) in [5.74, 6) is 0.768. The minimum atomic E-state index is -0.105. The Morgan fingerprint density at radius 1 is 0.921 bits per heavy atom. The Labute approximate surface area is 222 Å². The summed E-state index contributed by atoms with van der Waals surface area (Å²) in [7, 11) is 0. The van der Waals surface area contributed by atoms with Crippen LogP contribution in [0.25, 0.3) is 11.3 Å². The highest BCUT2D eigenvalue weighted by Crippen LogP contribution is 2.30. The third-order valence-corrected chi connectivity index (χ3v) is 6.82. The fourth-order valence-corrected chi connectivity index (χ4v) is 4.83. The van der Waals surface area contributed by atoms with Gasteiger partial charge in [0.2, 0.25) is 0 Å². The SMILES string of the molecule is N#Cc1ccc(N[C@H]2CC[C@H](N(C(=O)NCc3ccccc3)c3ccc(-c4cnccn4)cc3)CC2)nc1. The van der Waals surface area contributed by atoms with Gasteiger partial charge in [0.25, 0.3) is 0 Å². The zero-order valence-electron chi connectivity index (χ0n) is 21.0. The van der Waals surface area contributed by atoms with Crippen LogP contribution in [-0.2, 0) is 6.54 Å². The van der Waals surface area contributed by atoms with Gasteiger partial charge in [-0.1, -0.05) is 42.5 Å². The van der Waals surface area contributed by atoms with E-state index in [0.717, 1.165) is 54.0 Å². The molecule has 1 fully saturated rings. The van der Waals surface area contributed by atoms with E-state index in [1.165, 1.54) is 0 Å². The molecule has 0 aliphatic heterocycles. The molecule has 2 aromatic heterocycles. The number of nitriles is 1. The predicted molar refractivity (Wildman–Crippen MR) is 147 cm³/mol. The van der Waals surface area contributed by atoms with E-state index in [1.54, 1.807) is 30.9 Å². The first-order valence-corrected chi connectivity index (χ1v) is 12.8. The number of rotatable bonds is 7. The number of nitrogens with one attached hydrogen (secondary N) is 2. The lowest BCUT2D eigenvalue weighted by atomic mass is 9.89. The van der Waals surface area contributed by atoms with Crippen molar-refractivity contribution in [1.82, 2.24) is 20.3 Å². The van der Waals surface area contributed by atoms with Crippen molar-refractivity contribution in [2.24, 2.45) is 0 Å². The third kappa shape index (κ3) is 6.13. The van der Waals surface area contributed by atoms with E-state index in [9.17, 15) is 4.79 Å². The fraction of sp³-hybridized carbons (Fsp3) is 0.233. The standard InChI is InChI=1S/C30H29N7O/c31-18-23-6-15-29(34-20-23)36-25-9-13-27(14-10-25)37(30(38)35-19-22-4-2-1-3-5-22)26-11-7-24(8-12-26)28-21-32-16-17-33-28/h1-8,11-12,15-17,20-21,25,27H,9-10,13-14,19H2,(H,34,36)(H,35,38)/t25-,27-. The van der Waals surface area contributed by atoms with Crippen LogP contribution >= 0.6 is 0 Å². The Balaban J connectivity index is 1.29. The summed E-state index contributed by atoms with van der Waals surface area (Å²) in [6.45, 7) is 0.467. The third-order valence-electron chi connectivity index (χ3n) is 6.82. The van der Waals surface area contributed by atoms with E-state index in [0.29, 0.717) is 12.1 Å². The smallest absolute Gasteiger partial charge is 0.322 e. The molecule has 0 unspecified atom stereocenters. The van der Waals surface area contributed by atoms with Gasteiger partial charge in [0.05, 0.1) is 17.5 Å². The monoisotopic (exact) mass is 503 g/mol. The van der Waals surface area contributed by atoms with Crippen molar-refractivity contribution in [3.8, 4) is 17.3 Å². The lowest BCUT2D eigenvalue weighted by molar-refractivity contribution is 0.240. The van der Waals surface area contributed by atoms with E-state index in [1.807, 2.05) is 65.6 Å². The van der Waals surface area contributed by atoms with Crippen molar-refractivity contribution >= 4 is 17.5 Å². The molecular formula is C30H29N7O. The number of anilines is 2. The second-order valence-corrected chi connectivity index (χ2v) is 9.35. The van der Waals surface area contributed by atoms with Crippen LogP contribution in [0.5, 0.6) is 0 Å². The number of amides is 2. The van der Waals surface area contributed by atoms with Gasteiger partial charge in [0.15, 0.2) is 0 Å². The van der Waals surface area contributed by atoms with Crippen molar-refractivity contribution in [3.05, 3.63) is 103 Å². The van der Waals surface area contributed by atoms with Gasteiger partial charge in [0, 0.05) is 48.5 Å². The maximum atomic E-state index is 13.5. The van der Waals surface area contributed by atoms with Crippen LogP contribution in [-0.4, -0.2) is 33.1 Å². The molecule has 5 rings (SSSR count). The number of nitrogens with zero attached hydrogens (tertiary/aromatic N) is 5. The molecule has 0 saturated heterocycles. The summed E-state index contributed by atoms with van der Waals surface area (Å²) < 4.78 is 0. The lowest BCUT2D eigenvalue weighted by Crippen LogP contribution is -2.48. The average Bonchev–Trinajstić information content (AvgIpc) is 2.99. The Morgan fingerprint density at radius 2 is 1.71 bits per heavy atom. The lowest BCUT2D eigenvalue weighted by Gasteiger charge is -2.37. The minimum absolute atomic E-state index is 0.0696. The highest BCUT2D eigenvalue weighted by Gasteiger charge is 2.30. The molecule has 2 heterocycles. The summed E-state index contributed by atoms with van der Waals surface area (Å²) >= 11 is 0. The van der Waals surface area contributed by atoms with Crippen LogP contribution in [0.2, 0.25) is 0 Å². The summed E-state index contributed by atoms with van der Waals surface area (Å²) in [5, 5.41) is 15.6. The van der Waals surface area contributed by atoms with Gasteiger partial charge in [-0.25, -0.2) is 9.78 Å². The molecule has 0 bridgehead atoms. The molecule has 0 atom stereocenters. The number of urea groups is 1. The zero-order valence-corrected chi connectivity index (χ0v) is 21.0. The molecule has 4 aromatic rings. The summed E-state index contributed by atoms with van der Waals surface area (Å²) in [6, 6.07) is 23.8. The number of carbonyl (C=O) groups is 1. The average molecular weight is 504 g/mol. The maximum absolute atomic E-state index is 13.5. The molecule has 1 saturated carbocycles. The van der Waals surface area contributed by atoms with E-state index in [4.69, 9.17) is 5.26 Å². The Morgan fingerprint density at radius 3 is 2.37 bits per heavy atom. The number of hydrogen-bond donors (Lipinski definition) is 2. The van der Waals surface area contributed by atoms with Gasteiger partial charge in [-0.15, -0.1) is 0 Å². The van der Waals surface area contributed by atoms with Crippen LogP contribution in [0.4, 0.5) is 16.3 Å². The maximum Gasteiger partial charge on any atom is 0.322 e. The number of pyridine rings is 1. The van der Waals surface area contributed by atoms with E-state index in [2.05, 4.69) is 31.7 Å². The molecule has 8 nitrogen and oxygen atoms in total. The molecule has 2 aromatic carbocycles. The highest BCUT2D eigenvalue weighted by molar-refractivity contribution is 5.93. The molecule has 2 amide bonds. The number of hydrogen-bond acceptors (Lipinski definition) is 6. The number of benzene rings is 2. The molecule has 0 spiro atoms. The molecule has 1 aliphatic carbocycles. The summed E-state index contributed by atoms with van der Waals surface area (Å²) in [5.41, 5.74) is 4.20. The van der Waals surface area contributed by atoms with Crippen LogP contribution in [0.3, 0.4) is 0 Å². The van der Waals surface area contributed by atoms with Gasteiger partial charge in [0.1, 0.15) is 11.9 Å². The molecule has 1 aliphatic rings. The van der Waals surface area contributed by atoms with E-state index >= 15 is 0 Å². The van der Waals surface area contributed by atoms with Gasteiger partial charge < -0.3 is 10.6 Å². The number of aromatic nitrogens is 3. The predicted octanol–water partition coefficient (Wildman–Crippen LogP) is 5.55. The van der Waals surface area contributed by atoms with Crippen LogP contribution in [0, 0.1) is 11.3 Å². The summed E-state index contributed by atoms with van der Waals surface area (Å²) in [6.07, 6.45) is 10.2. The Kier molecular flexibility index (Phi) is 7.85. The van der Waals surface area contributed by atoms with Gasteiger partial charge in [-0.3, -0.25) is 14.9 Å². The zero-order chi connectivity index (χ0) is 26.2. The molecule has 8 heteroatoms. The van der Waals surface area contributed by atoms with Gasteiger partial charge in [-0.05, 0) is 55.5 Å². The molecular weight excluding hydrogens is 474 g/mol. The first-order valence-electron chi connectivity index (χ1n) is 12.8. The number of carbonyl (C=O) groups excluding carboxylic acids is 1. The molecule has 38 heavy (non-hydrogen) atoms. The first-order chi connectivity index (χ1) is 18.7. The van der Waals surface area contributed by atoms with E-state index in [-0.39, 0.29) is 18.1 Å². The van der Waals surface area contributed by atoms with Crippen LogP contribution in [0.1, 0.15) is 36.8 Å². The Bertz CT molecular complexity index is 1360. The first kappa shape index (κ1) is 24.9.